The molecule has 0 amide bonds. The van der Waals surface area contributed by atoms with Crippen molar-refractivity contribution in [2.45, 2.75) is 0 Å². The van der Waals surface area contributed by atoms with Crippen molar-refractivity contribution >= 4 is 46.6 Å². The van der Waals surface area contributed by atoms with E-state index in [1.807, 2.05) is 24.3 Å². The molecule has 196 valence electrons. The molecule has 0 N–H and O–H groups in total. The summed E-state index contributed by atoms with van der Waals surface area (Å²) in [5.74, 6) is 1.45. The summed E-state index contributed by atoms with van der Waals surface area (Å²) in [5, 5.41) is 3.75. The lowest BCUT2D eigenvalue weighted by Gasteiger charge is -2.30. The average Bonchev–Trinajstić information content (AvgIpc) is 3.44. The summed E-state index contributed by atoms with van der Waals surface area (Å²) in [5.41, 5.74) is 2.10. The summed E-state index contributed by atoms with van der Waals surface area (Å²) in [6.45, 7) is 2.87. The van der Waals surface area contributed by atoms with Gasteiger partial charge in [-0.25, -0.2) is 0 Å². The molecule has 0 radical (unpaired) electrons. The van der Waals surface area contributed by atoms with Gasteiger partial charge < -0.3 is 38.0 Å². The summed E-state index contributed by atoms with van der Waals surface area (Å²) in [6.07, 6.45) is 4.05. The van der Waals surface area contributed by atoms with Crippen LogP contribution in [0.1, 0.15) is 11.5 Å². The lowest BCUT2D eigenvalue weighted by Crippen LogP contribution is -3.00. The van der Waals surface area contributed by atoms with Gasteiger partial charge in [0.1, 0.15) is 15.9 Å². The van der Waals surface area contributed by atoms with Gasteiger partial charge in [0.05, 0.1) is 13.2 Å². The Morgan fingerprint density at radius 3 is 1.56 bits per heavy atom. The molecule has 0 spiro atoms. The van der Waals surface area contributed by atoms with Crippen molar-refractivity contribution in [3.05, 3.63) is 133 Å². The normalized spacial score (nSPS) is 13.8. The highest BCUT2D eigenvalue weighted by Crippen LogP contribution is 2.56. The first kappa shape index (κ1) is 27.3. The Bertz CT molecular complexity index is 1390. The van der Waals surface area contributed by atoms with E-state index in [1.54, 1.807) is 0 Å². The SMILES string of the molecule is C(=Cc1nc([P+](c2ccccc2)(c2ccccc2)c2ccccc2)c(N2CCOCC2)o1)c1ccccc1.[I-]. The standard InChI is InChI=1S/C33H30N2O2P.HI/c1-5-13-27(14-6-1)21-22-31-34-32(33(37-31)35-23-25-36-26-24-35)38(28-15-7-2-8-16-28,29-17-9-3-10-18-29)30-19-11-4-12-20-30;/h1-22H,23-26H2;1H/q+1;/p-1. The molecule has 0 bridgehead atoms. The Kier molecular flexibility index (Phi) is 8.92. The van der Waals surface area contributed by atoms with Crippen molar-refractivity contribution < 1.29 is 33.1 Å². The number of halogens is 1. The van der Waals surface area contributed by atoms with Crippen LogP contribution in [0.2, 0.25) is 0 Å². The molecule has 6 heteroatoms. The van der Waals surface area contributed by atoms with Gasteiger partial charge in [-0.2, -0.15) is 4.98 Å². The molecular formula is C33H30IN2O2P. The molecule has 1 saturated heterocycles. The van der Waals surface area contributed by atoms with Gasteiger partial charge >= 0.3 is 0 Å². The molecular weight excluding hydrogens is 614 g/mol. The highest BCUT2D eigenvalue weighted by molar-refractivity contribution is 8.01. The summed E-state index contributed by atoms with van der Waals surface area (Å²) >= 11 is 0. The fraction of sp³-hybridized carbons (Fsp3) is 0.121. The summed E-state index contributed by atoms with van der Waals surface area (Å²) in [6, 6.07) is 42.7. The van der Waals surface area contributed by atoms with Gasteiger partial charge in [-0.1, -0.05) is 84.9 Å². The Morgan fingerprint density at radius 2 is 1.08 bits per heavy atom. The minimum atomic E-state index is -2.41. The van der Waals surface area contributed by atoms with Crippen molar-refractivity contribution in [2.75, 3.05) is 31.2 Å². The topological polar surface area (TPSA) is 38.5 Å². The second kappa shape index (κ2) is 12.7. The molecule has 1 aliphatic heterocycles. The van der Waals surface area contributed by atoms with E-state index < -0.39 is 7.26 Å². The van der Waals surface area contributed by atoms with Crippen LogP contribution < -0.4 is 50.2 Å². The molecule has 4 aromatic carbocycles. The quantitative estimate of drug-likeness (QED) is 0.202. The fourth-order valence-corrected chi connectivity index (χ4v) is 9.29. The Hall–Kier alpha value is -3.25. The van der Waals surface area contributed by atoms with Crippen LogP contribution in [0.4, 0.5) is 5.88 Å². The largest absolute Gasteiger partial charge is 1.00 e. The predicted octanol–water partition coefficient (Wildman–Crippen LogP) is 2.30. The van der Waals surface area contributed by atoms with Crippen molar-refractivity contribution in [1.82, 2.24) is 4.98 Å². The second-order valence-corrected chi connectivity index (χ2v) is 12.5. The molecule has 1 aliphatic rings. The van der Waals surface area contributed by atoms with Crippen LogP contribution in [-0.2, 0) is 4.74 Å². The van der Waals surface area contributed by atoms with Gasteiger partial charge in [-0.15, -0.1) is 0 Å². The molecule has 0 unspecified atom stereocenters. The smallest absolute Gasteiger partial charge is 0.262 e. The number of morpholine rings is 1. The van der Waals surface area contributed by atoms with Crippen LogP contribution >= 0.6 is 7.26 Å². The molecule has 6 rings (SSSR count). The minimum absolute atomic E-state index is 0. The predicted molar refractivity (Wildman–Crippen MR) is 160 cm³/mol. The number of ether oxygens (including phenoxy) is 1. The Labute approximate surface area is 247 Å². The first-order valence-electron chi connectivity index (χ1n) is 13.0. The van der Waals surface area contributed by atoms with Crippen LogP contribution in [0.25, 0.3) is 12.2 Å². The highest BCUT2D eigenvalue weighted by atomic mass is 127. The Balaban J connectivity index is 0.00000308. The molecule has 39 heavy (non-hydrogen) atoms. The molecule has 0 aliphatic carbocycles. The third-order valence-corrected chi connectivity index (χ3v) is 11.0. The van der Waals surface area contributed by atoms with E-state index in [2.05, 4.69) is 114 Å². The van der Waals surface area contributed by atoms with E-state index in [-0.39, 0.29) is 24.0 Å². The van der Waals surface area contributed by atoms with Crippen molar-refractivity contribution in [3.8, 4) is 0 Å². The molecule has 5 aromatic rings. The van der Waals surface area contributed by atoms with Crippen molar-refractivity contribution in [3.63, 3.8) is 0 Å². The van der Waals surface area contributed by atoms with Crippen molar-refractivity contribution in [1.29, 1.82) is 0 Å². The van der Waals surface area contributed by atoms with Crippen LogP contribution in [0.3, 0.4) is 0 Å². The van der Waals surface area contributed by atoms with E-state index in [4.69, 9.17) is 14.1 Å². The van der Waals surface area contributed by atoms with Crippen LogP contribution in [-0.4, -0.2) is 31.3 Å². The van der Waals surface area contributed by atoms with Crippen LogP contribution in [0.5, 0.6) is 0 Å². The summed E-state index contributed by atoms with van der Waals surface area (Å²) in [4.78, 5) is 7.62. The second-order valence-electron chi connectivity index (χ2n) is 9.20. The lowest BCUT2D eigenvalue weighted by atomic mass is 10.2. The van der Waals surface area contributed by atoms with Gasteiger partial charge in [0.2, 0.25) is 5.89 Å². The summed E-state index contributed by atoms with van der Waals surface area (Å²) in [7, 11) is -2.41. The molecule has 1 aromatic heterocycles. The molecule has 0 saturated carbocycles. The van der Waals surface area contributed by atoms with Gasteiger partial charge in [0.15, 0.2) is 7.26 Å². The number of hydrogen-bond donors (Lipinski definition) is 0. The highest BCUT2D eigenvalue weighted by Gasteiger charge is 2.53. The average molecular weight is 644 g/mol. The first-order chi connectivity index (χ1) is 18.9. The molecule has 4 nitrogen and oxygen atoms in total. The minimum Gasteiger partial charge on any atom is -1.00 e. The molecule has 0 atom stereocenters. The maximum atomic E-state index is 6.65. The number of hydrogen-bond acceptors (Lipinski definition) is 4. The lowest BCUT2D eigenvalue weighted by molar-refractivity contribution is -0.00000851. The number of nitrogens with zero attached hydrogens (tertiary/aromatic N) is 2. The Morgan fingerprint density at radius 1 is 0.615 bits per heavy atom. The van der Waals surface area contributed by atoms with Gasteiger partial charge in [0.25, 0.3) is 11.3 Å². The number of rotatable bonds is 7. The zero-order chi connectivity index (χ0) is 25.6. The van der Waals surface area contributed by atoms with Gasteiger partial charge in [-0.05, 0) is 48.0 Å². The van der Waals surface area contributed by atoms with E-state index >= 15 is 0 Å². The van der Waals surface area contributed by atoms with E-state index in [1.165, 1.54) is 15.9 Å². The maximum absolute atomic E-state index is 6.65. The van der Waals surface area contributed by atoms with Crippen LogP contribution in [0, 0.1) is 0 Å². The number of anilines is 1. The maximum Gasteiger partial charge on any atom is 0.262 e. The van der Waals surface area contributed by atoms with E-state index in [0.717, 1.165) is 30.0 Å². The number of aromatic nitrogens is 1. The van der Waals surface area contributed by atoms with Gasteiger partial charge in [-0.3, -0.25) is 0 Å². The number of oxazole rings is 1. The van der Waals surface area contributed by atoms with Crippen molar-refractivity contribution in [2.24, 2.45) is 0 Å². The summed E-state index contributed by atoms with van der Waals surface area (Å²) < 4.78 is 12.4. The zero-order valence-corrected chi connectivity index (χ0v) is 24.6. The number of benzene rings is 4. The fourth-order valence-electron chi connectivity index (χ4n) is 5.08. The molecule has 2 heterocycles. The first-order valence-corrected chi connectivity index (χ1v) is 14.8. The third-order valence-electron chi connectivity index (χ3n) is 6.87. The zero-order valence-electron chi connectivity index (χ0n) is 21.6. The third kappa shape index (κ3) is 5.58. The monoisotopic (exact) mass is 644 g/mol. The van der Waals surface area contributed by atoms with E-state index in [0.29, 0.717) is 19.1 Å². The van der Waals surface area contributed by atoms with Gasteiger partial charge in [0, 0.05) is 19.2 Å². The molecule has 1 fully saturated rings. The van der Waals surface area contributed by atoms with Crippen LogP contribution in [0.15, 0.2) is 126 Å². The van der Waals surface area contributed by atoms with E-state index in [9.17, 15) is 0 Å².